The Labute approximate surface area is 123 Å². The van der Waals surface area contributed by atoms with Gasteiger partial charge in [-0.2, -0.15) is 0 Å². The van der Waals surface area contributed by atoms with E-state index in [1.165, 1.54) is 0 Å². The first-order valence-corrected chi connectivity index (χ1v) is 7.29. The minimum absolute atomic E-state index is 0.00140. The molecule has 1 aromatic rings. The van der Waals surface area contributed by atoms with Crippen molar-refractivity contribution < 1.29 is 9.59 Å². The Bertz CT molecular complexity index is 487. The van der Waals surface area contributed by atoms with Gasteiger partial charge in [0.05, 0.1) is 11.8 Å². The molecule has 1 aliphatic carbocycles. The lowest BCUT2D eigenvalue weighted by Crippen LogP contribution is -2.30. The topological polar surface area (TPSA) is 58.2 Å². The van der Waals surface area contributed by atoms with Gasteiger partial charge in [-0.05, 0) is 30.5 Å². The van der Waals surface area contributed by atoms with Crippen LogP contribution in [-0.2, 0) is 16.1 Å². The first-order chi connectivity index (χ1) is 9.61. The fraction of sp³-hybridized carbons (Fsp3) is 0.467. The van der Waals surface area contributed by atoms with Crippen molar-refractivity contribution in [3.63, 3.8) is 0 Å². The first kappa shape index (κ1) is 14.9. The number of benzene rings is 1. The molecule has 1 fully saturated rings. The van der Waals surface area contributed by atoms with Crippen LogP contribution in [0.5, 0.6) is 0 Å². The third-order valence-corrected chi connectivity index (χ3v) is 3.65. The van der Waals surface area contributed by atoms with Gasteiger partial charge in [0.25, 0.3) is 0 Å². The first-order valence-electron chi connectivity index (χ1n) is 6.91. The number of hydrogen-bond donors (Lipinski definition) is 2. The van der Waals surface area contributed by atoms with E-state index in [4.69, 9.17) is 11.6 Å². The van der Waals surface area contributed by atoms with E-state index in [0.717, 1.165) is 12.0 Å². The smallest absolute Gasteiger partial charge is 0.224 e. The van der Waals surface area contributed by atoms with Gasteiger partial charge in [0, 0.05) is 18.1 Å². The van der Waals surface area contributed by atoms with Gasteiger partial charge >= 0.3 is 0 Å². The average Bonchev–Trinajstić information content (AvgIpc) is 3.24. The quantitative estimate of drug-likeness (QED) is 0.844. The highest BCUT2D eigenvalue weighted by molar-refractivity contribution is 6.30. The predicted molar refractivity (Wildman–Crippen MR) is 78.2 cm³/mol. The largest absolute Gasteiger partial charge is 0.356 e. The second kappa shape index (κ2) is 6.75. The third kappa shape index (κ3) is 3.97. The van der Waals surface area contributed by atoms with Gasteiger partial charge in [-0.1, -0.05) is 30.7 Å². The third-order valence-electron chi connectivity index (χ3n) is 3.39. The lowest BCUT2D eigenvalue weighted by atomic mass is 10.2. The van der Waals surface area contributed by atoms with Crippen molar-refractivity contribution in [1.82, 2.24) is 10.6 Å². The van der Waals surface area contributed by atoms with Crippen LogP contribution in [0.3, 0.4) is 0 Å². The van der Waals surface area contributed by atoms with Crippen molar-refractivity contribution in [3.8, 4) is 0 Å². The van der Waals surface area contributed by atoms with Crippen molar-refractivity contribution >= 4 is 23.4 Å². The molecule has 0 aromatic heterocycles. The summed E-state index contributed by atoms with van der Waals surface area (Å²) in [6.07, 6.45) is 1.56. The summed E-state index contributed by atoms with van der Waals surface area (Å²) in [7, 11) is 0. The zero-order valence-electron chi connectivity index (χ0n) is 11.5. The van der Waals surface area contributed by atoms with Crippen LogP contribution >= 0.6 is 11.6 Å². The highest BCUT2D eigenvalue weighted by atomic mass is 35.5. The van der Waals surface area contributed by atoms with E-state index in [-0.39, 0.29) is 23.7 Å². The summed E-state index contributed by atoms with van der Waals surface area (Å²) in [5.41, 5.74) is 0.996. The van der Waals surface area contributed by atoms with Gasteiger partial charge in [-0.25, -0.2) is 0 Å². The van der Waals surface area contributed by atoms with Gasteiger partial charge in [-0.3, -0.25) is 9.59 Å². The number of amides is 2. The number of nitrogens with one attached hydrogen (secondary N) is 2. The molecule has 1 aromatic carbocycles. The second-order valence-electron chi connectivity index (χ2n) is 5.08. The van der Waals surface area contributed by atoms with E-state index in [1.54, 1.807) is 12.1 Å². The van der Waals surface area contributed by atoms with Crippen LogP contribution in [0.2, 0.25) is 5.02 Å². The molecule has 108 valence electrons. The van der Waals surface area contributed by atoms with E-state index >= 15 is 0 Å². The zero-order chi connectivity index (χ0) is 14.5. The van der Waals surface area contributed by atoms with Crippen LogP contribution in [0.15, 0.2) is 24.3 Å². The molecule has 0 aliphatic heterocycles. The molecule has 0 saturated heterocycles. The van der Waals surface area contributed by atoms with E-state index in [0.29, 0.717) is 24.5 Å². The van der Waals surface area contributed by atoms with Gasteiger partial charge in [0.1, 0.15) is 0 Å². The molecule has 1 saturated carbocycles. The Hall–Kier alpha value is -1.55. The fourth-order valence-corrected chi connectivity index (χ4v) is 2.20. The molecule has 5 heteroatoms. The Morgan fingerprint density at radius 2 is 1.75 bits per heavy atom. The maximum atomic E-state index is 11.9. The Morgan fingerprint density at radius 3 is 2.35 bits per heavy atom. The normalized spacial score (nSPS) is 20.3. The molecule has 0 bridgehead atoms. The minimum Gasteiger partial charge on any atom is -0.356 e. The van der Waals surface area contributed by atoms with Crippen LogP contribution in [0.25, 0.3) is 0 Å². The van der Waals surface area contributed by atoms with E-state index in [9.17, 15) is 9.59 Å². The maximum Gasteiger partial charge on any atom is 0.224 e. The van der Waals surface area contributed by atoms with Crippen LogP contribution in [0.4, 0.5) is 0 Å². The predicted octanol–water partition coefficient (Wildman–Crippen LogP) is 2.12. The van der Waals surface area contributed by atoms with Crippen LogP contribution in [0, 0.1) is 11.8 Å². The standard InChI is InChI=1S/C15H19ClN2O2/c1-2-7-17-14(19)12-8-13(12)15(20)18-9-10-3-5-11(16)6-4-10/h3-6,12-13H,2,7-9H2,1H3,(H,17,19)(H,18,20). The number of hydrogen-bond acceptors (Lipinski definition) is 2. The molecule has 0 heterocycles. The van der Waals surface area contributed by atoms with Crippen molar-refractivity contribution in [2.24, 2.45) is 11.8 Å². The van der Waals surface area contributed by atoms with Gasteiger partial charge in [0.15, 0.2) is 0 Å². The Morgan fingerprint density at radius 1 is 1.15 bits per heavy atom. The molecule has 0 radical (unpaired) electrons. The molecule has 2 unspecified atom stereocenters. The number of halogens is 1. The molecule has 2 amide bonds. The summed E-state index contributed by atoms with van der Waals surface area (Å²) < 4.78 is 0. The molecule has 2 N–H and O–H groups in total. The molecular formula is C15H19ClN2O2. The van der Waals surface area contributed by atoms with E-state index in [1.807, 2.05) is 19.1 Å². The van der Waals surface area contributed by atoms with Crippen molar-refractivity contribution in [1.29, 1.82) is 0 Å². The fourth-order valence-electron chi connectivity index (χ4n) is 2.08. The molecule has 1 aliphatic rings. The summed E-state index contributed by atoms with van der Waals surface area (Å²) >= 11 is 5.80. The minimum atomic E-state index is -0.167. The van der Waals surface area contributed by atoms with Gasteiger partial charge in [-0.15, -0.1) is 0 Å². The van der Waals surface area contributed by atoms with Crippen molar-refractivity contribution in [2.75, 3.05) is 6.54 Å². The lowest BCUT2D eigenvalue weighted by Gasteiger charge is -2.06. The monoisotopic (exact) mass is 294 g/mol. The highest BCUT2D eigenvalue weighted by Gasteiger charge is 2.47. The zero-order valence-corrected chi connectivity index (χ0v) is 12.2. The molecular weight excluding hydrogens is 276 g/mol. The van der Waals surface area contributed by atoms with Gasteiger partial charge in [0.2, 0.25) is 11.8 Å². The molecule has 0 spiro atoms. The SMILES string of the molecule is CCCNC(=O)C1CC1C(=O)NCc1ccc(Cl)cc1. The molecule has 4 nitrogen and oxygen atoms in total. The van der Waals surface area contributed by atoms with Gasteiger partial charge < -0.3 is 10.6 Å². The van der Waals surface area contributed by atoms with Crippen LogP contribution in [0.1, 0.15) is 25.3 Å². The summed E-state index contributed by atoms with van der Waals surface area (Å²) in [6.45, 7) is 3.15. The molecule has 2 atom stereocenters. The van der Waals surface area contributed by atoms with Crippen molar-refractivity contribution in [3.05, 3.63) is 34.9 Å². The van der Waals surface area contributed by atoms with Crippen molar-refractivity contribution in [2.45, 2.75) is 26.3 Å². The Kier molecular flexibility index (Phi) is 5.01. The summed E-state index contributed by atoms with van der Waals surface area (Å²) in [4.78, 5) is 23.6. The molecule has 20 heavy (non-hydrogen) atoms. The number of carbonyl (C=O) groups is 2. The highest BCUT2D eigenvalue weighted by Crippen LogP contribution is 2.38. The summed E-state index contributed by atoms with van der Waals surface area (Å²) in [6, 6.07) is 7.34. The number of rotatable bonds is 6. The summed E-state index contributed by atoms with van der Waals surface area (Å²) in [5.74, 6) is -0.360. The lowest BCUT2D eigenvalue weighted by molar-refractivity contribution is -0.127. The Balaban J connectivity index is 1.74. The number of carbonyl (C=O) groups excluding carboxylic acids is 2. The van der Waals surface area contributed by atoms with Crippen LogP contribution in [-0.4, -0.2) is 18.4 Å². The summed E-state index contributed by atoms with van der Waals surface area (Å²) in [5, 5.41) is 6.36. The molecule has 2 rings (SSSR count). The van der Waals surface area contributed by atoms with E-state index < -0.39 is 0 Å². The van der Waals surface area contributed by atoms with E-state index in [2.05, 4.69) is 10.6 Å². The maximum absolute atomic E-state index is 11.9. The average molecular weight is 295 g/mol. The second-order valence-corrected chi connectivity index (χ2v) is 5.52. The van der Waals surface area contributed by atoms with Crippen LogP contribution < -0.4 is 10.6 Å².